The first-order valence-corrected chi connectivity index (χ1v) is 6.48. The van der Waals surface area contributed by atoms with Gasteiger partial charge in [0.25, 0.3) is 0 Å². The first-order valence-electron chi connectivity index (χ1n) is 6.10. The zero-order valence-electron chi connectivity index (χ0n) is 11.0. The second kappa shape index (κ2) is 7.69. The largest absolute Gasteiger partial charge is 0.481 e. The maximum absolute atomic E-state index is 13.4. The van der Waals surface area contributed by atoms with Gasteiger partial charge in [-0.1, -0.05) is 18.5 Å². The quantitative estimate of drug-likeness (QED) is 0.755. The maximum Gasteiger partial charge on any atom is 0.319 e. The standard InChI is InChI=1S/C13H16ClFN2O3/c1-8(2-5-12(18)19)7-16-13(20)17-11-4-3-9(14)6-10(11)15/h3-4,6,8H,2,5,7H2,1H3,(H,18,19)(H2,16,17,20). The molecule has 0 fully saturated rings. The number of anilines is 1. The number of aliphatic carboxylic acids is 1. The Bertz CT molecular complexity index is 497. The van der Waals surface area contributed by atoms with Gasteiger partial charge in [-0.2, -0.15) is 0 Å². The number of carboxylic acid groups (broad SMARTS) is 1. The topological polar surface area (TPSA) is 78.4 Å². The number of hydrogen-bond acceptors (Lipinski definition) is 2. The van der Waals surface area contributed by atoms with E-state index in [4.69, 9.17) is 16.7 Å². The minimum absolute atomic E-state index is 0.0203. The molecule has 1 aromatic rings. The first-order chi connectivity index (χ1) is 9.38. The molecule has 110 valence electrons. The van der Waals surface area contributed by atoms with Crippen molar-refractivity contribution in [2.75, 3.05) is 11.9 Å². The minimum Gasteiger partial charge on any atom is -0.481 e. The van der Waals surface area contributed by atoms with Gasteiger partial charge in [0.1, 0.15) is 5.82 Å². The summed E-state index contributed by atoms with van der Waals surface area (Å²) in [6.45, 7) is 2.14. The van der Waals surface area contributed by atoms with Gasteiger partial charge >= 0.3 is 12.0 Å². The van der Waals surface area contributed by atoms with E-state index in [0.717, 1.165) is 6.07 Å². The number of amides is 2. The van der Waals surface area contributed by atoms with Crippen molar-refractivity contribution < 1.29 is 19.1 Å². The smallest absolute Gasteiger partial charge is 0.319 e. The fourth-order valence-electron chi connectivity index (χ4n) is 1.50. The van der Waals surface area contributed by atoms with E-state index < -0.39 is 17.8 Å². The highest BCUT2D eigenvalue weighted by atomic mass is 35.5. The fraction of sp³-hybridized carbons (Fsp3) is 0.385. The molecule has 1 rings (SSSR count). The molecule has 1 atom stereocenters. The third-order valence-electron chi connectivity index (χ3n) is 2.64. The molecule has 0 spiro atoms. The number of carbonyl (C=O) groups excluding carboxylic acids is 1. The highest BCUT2D eigenvalue weighted by Crippen LogP contribution is 2.18. The molecule has 0 radical (unpaired) electrons. The summed E-state index contributed by atoms with van der Waals surface area (Å²) in [5.74, 6) is -1.47. The molecular weight excluding hydrogens is 287 g/mol. The van der Waals surface area contributed by atoms with Gasteiger partial charge in [0.2, 0.25) is 0 Å². The Morgan fingerprint density at radius 1 is 1.45 bits per heavy atom. The van der Waals surface area contributed by atoms with E-state index >= 15 is 0 Å². The van der Waals surface area contributed by atoms with E-state index in [9.17, 15) is 14.0 Å². The number of rotatable bonds is 6. The lowest BCUT2D eigenvalue weighted by Crippen LogP contribution is -2.32. The highest BCUT2D eigenvalue weighted by molar-refractivity contribution is 6.30. The lowest BCUT2D eigenvalue weighted by atomic mass is 10.1. The molecule has 7 heteroatoms. The van der Waals surface area contributed by atoms with Crippen molar-refractivity contribution in [3.63, 3.8) is 0 Å². The molecule has 2 amide bonds. The molecule has 3 N–H and O–H groups in total. The number of halogens is 2. The van der Waals surface area contributed by atoms with Gasteiger partial charge in [-0.3, -0.25) is 4.79 Å². The average molecular weight is 303 g/mol. The van der Waals surface area contributed by atoms with Crippen LogP contribution < -0.4 is 10.6 Å². The fourth-order valence-corrected chi connectivity index (χ4v) is 1.66. The van der Waals surface area contributed by atoms with Gasteiger partial charge in [0.15, 0.2) is 0 Å². The van der Waals surface area contributed by atoms with E-state index in [1.807, 2.05) is 6.92 Å². The summed E-state index contributed by atoms with van der Waals surface area (Å²) in [6, 6.07) is 3.39. The molecule has 0 saturated carbocycles. The third-order valence-corrected chi connectivity index (χ3v) is 2.88. The lowest BCUT2D eigenvalue weighted by Gasteiger charge is -2.12. The number of hydrogen-bond donors (Lipinski definition) is 3. The highest BCUT2D eigenvalue weighted by Gasteiger charge is 2.10. The average Bonchev–Trinajstić information content (AvgIpc) is 2.37. The summed E-state index contributed by atoms with van der Waals surface area (Å²) in [6.07, 6.45) is 0.515. The lowest BCUT2D eigenvalue weighted by molar-refractivity contribution is -0.137. The minimum atomic E-state index is -0.871. The summed E-state index contributed by atoms with van der Waals surface area (Å²) in [4.78, 5) is 21.9. The number of urea groups is 1. The molecule has 0 aromatic heterocycles. The molecule has 0 aliphatic carbocycles. The van der Waals surface area contributed by atoms with E-state index in [2.05, 4.69) is 10.6 Å². The summed E-state index contributed by atoms with van der Waals surface area (Å²) in [5.41, 5.74) is 0.0325. The van der Waals surface area contributed by atoms with Crippen molar-refractivity contribution >= 4 is 29.3 Å². The predicted molar refractivity (Wildman–Crippen MR) is 74.5 cm³/mol. The van der Waals surface area contributed by atoms with Crippen LogP contribution in [0.3, 0.4) is 0 Å². The summed E-state index contributed by atoms with van der Waals surface area (Å²) in [5, 5.41) is 13.7. The van der Waals surface area contributed by atoms with Crippen molar-refractivity contribution in [2.24, 2.45) is 5.92 Å². The predicted octanol–water partition coefficient (Wildman–Crippen LogP) is 3.10. The number of carboxylic acids is 1. The molecule has 0 aliphatic rings. The third kappa shape index (κ3) is 5.88. The van der Waals surface area contributed by atoms with Crippen LogP contribution in [-0.2, 0) is 4.79 Å². The Labute approximate surface area is 121 Å². The van der Waals surface area contributed by atoms with Gasteiger partial charge in [0.05, 0.1) is 5.69 Å². The molecule has 0 bridgehead atoms. The van der Waals surface area contributed by atoms with Crippen LogP contribution in [0.2, 0.25) is 5.02 Å². The molecule has 0 saturated heterocycles. The maximum atomic E-state index is 13.4. The molecule has 5 nitrogen and oxygen atoms in total. The second-order valence-electron chi connectivity index (χ2n) is 4.50. The van der Waals surface area contributed by atoms with Gasteiger partial charge in [0, 0.05) is 18.0 Å². The van der Waals surface area contributed by atoms with Gasteiger partial charge in [-0.15, -0.1) is 0 Å². The zero-order chi connectivity index (χ0) is 15.1. The summed E-state index contributed by atoms with van der Waals surface area (Å²) >= 11 is 5.60. The van der Waals surface area contributed by atoms with Gasteiger partial charge in [-0.05, 0) is 30.5 Å². The van der Waals surface area contributed by atoms with Crippen LogP contribution in [-0.4, -0.2) is 23.7 Å². The van der Waals surface area contributed by atoms with Crippen molar-refractivity contribution in [2.45, 2.75) is 19.8 Å². The van der Waals surface area contributed by atoms with Crippen LogP contribution in [0, 0.1) is 11.7 Å². The van der Waals surface area contributed by atoms with Crippen LogP contribution in [0.5, 0.6) is 0 Å². The number of carbonyl (C=O) groups is 2. The molecule has 0 heterocycles. The first kappa shape index (κ1) is 16.2. The molecule has 1 unspecified atom stereocenters. The Kier molecular flexibility index (Phi) is 6.24. The van der Waals surface area contributed by atoms with E-state index in [0.29, 0.717) is 13.0 Å². The Morgan fingerprint density at radius 2 is 2.15 bits per heavy atom. The van der Waals surface area contributed by atoms with Crippen molar-refractivity contribution in [1.29, 1.82) is 0 Å². The van der Waals surface area contributed by atoms with Crippen LogP contribution in [0.15, 0.2) is 18.2 Å². The molecule has 20 heavy (non-hydrogen) atoms. The van der Waals surface area contributed by atoms with E-state index in [1.165, 1.54) is 12.1 Å². The Balaban J connectivity index is 2.38. The normalized spacial score (nSPS) is 11.8. The van der Waals surface area contributed by atoms with Crippen molar-refractivity contribution in [3.05, 3.63) is 29.0 Å². The van der Waals surface area contributed by atoms with Gasteiger partial charge in [-0.25, -0.2) is 9.18 Å². The molecular formula is C13H16ClFN2O3. The second-order valence-corrected chi connectivity index (χ2v) is 4.93. The summed E-state index contributed by atoms with van der Waals surface area (Å²) in [7, 11) is 0. The van der Waals surface area contributed by atoms with Crippen molar-refractivity contribution in [3.8, 4) is 0 Å². The van der Waals surface area contributed by atoms with Crippen LogP contribution in [0.25, 0.3) is 0 Å². The zero-order valence-corrected chi connectivity index (χ0v) is 11.7. The Hall–Kier alpha value is -1.82. The number of nitrogens with one attached hydrogen (secondary N) is 2. The van der Waals surface area contributed by atoms with Crippen LogP contribution in [0.4, 0.5) is 14.9 Å². The van der Waals surface area contributed by atoms with Crippen LogP contribution >= 0.6 is 11.6 Å². The number of benzene rings is 1. The molecule has 0 aliphatic heterocycles. The van der Waals surface area contributed by atoms with Crippen LogP contribution in [0.1, 0.15) is 19.8 Å². The van der Waals surface area contributed by atoms with E-state index in [-0.39, 0.29) is 23.0 Å². The monoisotopic (exact) mass is 302 g/mol. The Morgan fingerprint density at radius 3 is 2.75 bits per heavy atom. The van der Waals surface area contributed by atoms with E-state index in [1.54, 1.807) is 0 Å². The van der Waals surface area contributed by atoms with Crippen molar-refractivity contribution in [1.82, 2.24) is 5.32 Å². The SMILES string of the molecule is CC(CCC(=O)O)CNC(=O)Nc1ccc(Cl)cc1F. The van der Waals surface area contributed by atoms with Gasteiger partial charge < -0.3 is 15.7 Å². The molecule has 1 aromatic carbocycles. The summed E-state index contributed by atoms with van der Waals surface area (Å²) < 4.78 is 13.4.